The Morgan fingerprint density at radius 1 is 1.12 bits per heavy atom. The Morgan fingerprint density at radius 3 is 2.52 bits per heavy atom. The van der Waals surface area contributed by atoms with Crippen molar-refractivity contribution in [3.8, 4) is 5.75 Å². The number of amides is 1. The Bertz CT molecular complexity index is 978. The Balaban J connectivity index is 1.39. The van der Waals surface area contributed by atoms with E-state index in [1.54, 1.807) is 19.2 Å². The number of fused-ring (bicyclic) bond motifs is 2. The molecule has 33 heavy (non-hydrogen) atoms. The normalized spacial score (nSPS) is 22.4. The van der Waals surface area contributed by atoms with Gasteiger partial charge < -0.3 is 14.8 Å². The summed E-state index contributed by atoms with van der Waals surface area (Å²) in [5.74, 6) is 0.875. The quantitative estimate of drug-likeness (QED) is 0.450. The molecule has 2 fully saturated rings. The first kappa shape index (κ1) is 24.0. The topological polar surface area (TPSA) is 63.7 Å². The van der Waals surface area contributed by atoms with Gasteiger partial charge in [-0.1, -0.05) is 17.7 Å². The fraction of sp³-hybridized carbons (Fsp3) is 0.538. The number of ether oxygens (including phenoxy) is 2. The Hall–Kier alpha value is -2.15. The van der Waals surface area contributed by atoms with Crippen LogP contribution in [-0.4, -0.2) is 54.2 Å². The molecule has 7 heteroatoms. The molecule has 2 atom stereocenters. The minimum Gasteiger partial charge on any atom is -0.491 e. The zero-order valence-electron chi connectivity index (χ0n) is 20.0. The summed E-state index contributed by atoms with van der Waals surface area (Å²) < 4.78 is 11.0. The van der Waals surface area contributed by atoms with Crippen LogP contribution in [-0.2, 0) is 11.3 Å². The molecule has 0 saturated carbocycles. The minimum absolute atomic E-state index is 0.0595. The standard InChI is InChI=1S/C26H34ClN3O3/c1-16-11-20(12-25(27)28-16)26(31)29-21-13-22-6-7-23(14-21)30(22)15-19-5-8-24(18(3)17(19)2)33-10-9-32-4/h5,8,11-12,21-23H,6-7,9-10,13-15H2,1-4H3,(H,29,31). The van der Waals surface area contributed by atoms with E-state index in [2.05, 4.69) is 41.2 Å². The predicted molar refractivity (Wildman–Crippen MR) is 130 cm³/mol. The van der Waals surface area contributed by atoms with Gasteiger partial charge in [0.05, 0.1) is 6.61 Å². The molecule has 2 unspecified atom stereocenters. The molecule has 3 heterocycles. The number of aromatic nitrogens is 1. The van der Waals surface area contributed by atoms with Crippen molar-refractivity contribution in [3.05, 3.63) is 57.4 Å². The Morgan fingerprint density at radius 2 is 1.85 bits per heavy atom. The number of rotatable bonds is 8. The largest absolute Gasteiger partial charge is 0.491 e. The number of hydrogen-bond donors (Lipinski definition) is 1. The molecule has 2 bridgehead atoms. The first-order valence-electron chi connectivity index (χ1n) is 11.8. The van der Waals surface area contributed by atoms with E-state index in [4.69, 9.17) is 21.1 Å². The van der Waals surface area contributed by atoms with Gasteiger partial charge in [0, 0.05) is 43.0 Å². The number of methoxy groups -OCH3 is 1. The number of carbonyl (C=O) groups is 1. The van der Waals surface area contributed by atoms with E-state index in [0.29, 0.717) is 36.0 Å². The average molecular weight is 472 g/mol. The summed E-state index contributed by atoms with van der Waals surface area (Å²) in [6.45, 7) is 8.26. The van der Waals surface area contributed by atoms with Gasteiger partial charge in [0.15, 0.2) is 0 Å². The lowest BCUT2D eigenvalue weighted by Gasteiger charge is -2.39. The zero-order chi connectivity index (χ0) is 23.5. The Kier molecular flexibility index (Phi) is 7.57. The highest BCUT2D eigenvalue weighted by atomic mass is 35.5. The second-order valence-corrected chi connectivity index (χ2v) is 9.72. The van der Waals surface area contributed by atoms with Crippen LogP contribution < -0.4 is 10.1 Å². The summed E-state index contributed by atoms with van der Waals surface area (Å²) in [7, 11) is 1.68. The maximum atomic E-state index is 12.8. The molecule has 4 rings (SSSR count). The van der Waals surface area contributed by atoms with Gasteiger partial charge in [-0.05, 0) is 81.3 Å². The maximum Gasteiger partial charge on any atom is 0.251 e. The van der Waals surface area contributed by atoms with E-state index < -0.39 is 0 Å². The van der Waals surface area contributed by atoms with Crippen LogP contribution in [0.5, 0.6) is 5.75 Å². The molecular weight excluding hydrogens is 438 g/mol. The number of benzene rings is 1. The first-order chi connectivity index (χ1) is 15.9. The van der Waals surface area contributed by atoms with Gasteiger partial charge in [-0.15, -0.1) is 0 Å². The zero-order valence-corrected chi connectivity index (χ0v) is 20.7. The average Bonchev–Trinajstić information content (AvgIpc) is 2.99. The number of pyridine rings is 1. The number of piperidine rings is 1. The number of aryl methyl sites for hydroxylation is 1. The van der Waals surface area contributed by atoms with E-state index in [1.165, 1.54) is 29.5 Å². The fourth-order valence-corrected chi connectivity index (χ4v) is 5.54. The lowest BCUT2D eigenvalue weighted by molar-refractivity contribution is 0.0827. The molecule has 0 spiro atoms. The van der Waals surface area contributed by atoms with Crippen molar-refractivity contribution in [1.29, 1.82) is 0 Å². The van der Waals surface area contributed by atoms with Crippen LogP contribution in [0, 0.1) is 20.8 Å². The summed E-state index contributed by atoms with van der Waals surface area (Å²) in [4.78, 5) is 19.6. The first-order valence-corrected chi connectivity index (χ1v) is 12.1. The number of hydrogen-bond acceptors (Lipinski definition) is 5. The third-order valence-electron chi connectivity index (χ3n) is 7.15. The SMILES string of the molecule is COCCOc1ccc(CN2C3CCC2CC(NC(=O)c2cc(C)nc(Cl)c2)C3)c(C)c1C. The van der Waals surface area contributed by atoms with Crippen molar-refractivity contribution >= 4 is 17.5 Å². The van der Waals surface area contributed by atoms with Gasteiger partial charge >= 0.3 is 0 Å². The van der Waals surface area contributed by atoms with E-state index in [1.807, 2.05) is 6.92 Å². The summed E-state index contributed by atoms with van der Waals surface area (Å²) in [5.41, 5.74) is 5.19. The van der Waals surface area contributed by atoms with Gasteiger partial charge in [-0.2, -0.15) is 0 Å². The smallest absolute Gasteiger partial charge is 0.251 e. The molecule has 2 aliphatic rings. The molecule has 2 saturated heterocycles. The van der Waals surface area contributed by atoms with Crippen molar-refractivity contribution in [2.75, 3.05) is 20.3 Å². The van der Waals surface area contributed by atoms with Gasteiger partial charge in [0.25, 0.3) is 5.91 Å². The number of nitrogens with one attached hydrogen (secondary N) is 1. The molecule has 6 nitrogen and oxygen atoms in total. The summed E-state index contributed by atoms with van der Waals surface area (Å²) in [5, 5.41) is 3.61. The second-order valence-electron chi connectivity index (χ2n) is 9.33. The number of halogens is 1. The molecule has 0 aliphatic carbocycles. The second kappa shape index (κ2) is 10.4. The van der Waals surface area contributed by atoms with Crippen LogP contribution in [0.2, 0.25) is 5.15 Å². The molecular formula is C26H34ClN3O3. The molecule has 1 aromatic carbocycles. The highest BCUT2D eigenvalue weighted by Crippen LogP contribution is 2.38. The van der Waals surface area contributed by atoms with Crippen LogP contribution in [0.15, 0.2) is 24.3 Å². The van der Waals surface area contributed by atoms with E-state index in [9.17, 15) is 4.79 Å². The highest BCUT2D eigenvalue weighted by Gasteiger charge is 2.41. The third kappa shape index (κ3) is 5.51. The summed E-state index contributed by atoms with van der Waals surface area (Å²) >= 11 is 6.04. The van der Waals surface area contributed by atoms with E-state index in [0.717, 1.165) is 30.8 Å². The van der Waals surface area contributed by atoms with E-state index in [-0.39, 0.29) is 11.9 Å². The van der Waals surface area contributed by atoms with Gasteiger partial charge in [-0.25, -0.2) is 4.98 Å². The molecule has 2 aromatic rings. The number of nitrogens with zero attached hydrogens (tertiary/aromatic N) is 2. The van der Waals surface area contributed by atoms with Crippen molar-refractivity contribution in [2.45, 2.75) is 71.1 Å². The predicted octanol–water partition coefficient (Wildman–Crippen LogP) is 4.61. The van der Waals surface area contributed by atoms with Crippen LogP contribution in [0.3, 0.4) is 0 Å². The van der Waals surface area contributed by atoms with Crippen molar-refractivity contribution in [3.63, 3.8) is 0 Å². The van der Waals surface area contributed by atoms with Crippen LogP contribution >= 0.6 is 11.6 Å². The monoisotopic (exact) mass is 471 g/mol. The summed E-state index contributed by atoms with van der Waals surface area (Å²) in [6.07, 6.45) is 4.34. The van der Waals surface area contributed by atoms with Crippen molar-refractivity contribution < 1.29 is 14.3 Å². The van der Waals surface area contributed by atoms with Crippen molar-refractivity contribution in [1.82, 2.24) is 15.2 Å². The third-order valence-corrected chi connectivity index (χ3v) is 7.35. The van der Waals surface area contributed by atoms with Gasteiger partial charge in [-0.3, -0.25) is 9.69 Å². The highest BCUT2D eigenvalue weighted by molar-refractivity contribution is 6.29. The maximum absolute atomic E-state index is 12.8. The van der Waals surface area contributed by atoms with Crippen LogP contribution in [0.4, 0.5) is 0 Å². The fourth-order valence-electron chi connectivity index (χ4n) is 5.29. The lowest BCUT2D eigenvalue weighted by atomic mass is 9.95. The Labute approximate surface area is 201 Å². The van der Waals surface area contributed by atoms with Crippen LogP contribution in [0.25, 0.3) is 0 Å². The van der Waals surface area contributed by atoms with Gasteiger partial charge in [0.2, 0.25) is 0 Å². The minimum atomic E-state index is -0.0595. The van der Waals surface area contributed by atoms with E-state index >= 15 is 0 Å². The molecule has 1 aromatic heterocycles. The molecule has 0 radical (unpaired) electrons. The molecule has 2 aliphatic heterocycles. The summed E-state index contributed by atoms with van der Waals surface area (Å²) in [6, 6.07) is 8.90. The lowest BCUT2D eigenvalue weighted by Crippen LogP contribution is -2.50. The molecule has 178 valence electrons. The van der Waals surface area contributed by atoms with Crippen LogP contribution in [0.1, 0.15) is 58.4 Å². The van der Waals surface area contributed by atoms with Gasteiger partial charge in [0.1, 0.15) is 17.5 Å². The van der Waals surface area contributed by atoms with Crippen molar-refractivity contribution in [2.24, 2.45) is 0 Å². The molecule has 1 amide bonds. The molecule has 1 N–H and O–H groups in total. The number of carbonyl (C=O) groups excluding carboxylic acids is 1.